The molecule has 0 spiro atoms. The number of nitrogens with zero attached hydrogens (tertiary/aromatic N) is 1. The van der Waals surface area contributed by atoms with Crippen molar-refractivity contribution in [3.63, 3.8) is 0 Å². The summed E-state index contributed by atoms with van der Waals surface area (Å²) in [5.41, 5.74) is 2.30. The fourth-order valence-electron chi connectivity index (χ4n) is 2.14. The summed E-state index contributed by atoms with van der Waals surface area (Å²) in [6.07, 6.45) is 0. The van der Waals surface area contributed by atoms with Crippen LogP contribution in [0.5, 0.6) is 0 Å². The summed E-state index contributed by atoms with van der Waals surface area (Å²) in [5.74, 6) is 1.07. The molecule has 0 saturated carbocycles. The van der Waals surface area contributed by atoms with Gasteiger partial charge in [0.2, 0.25) is 0 Å². The number of hydrogen-bond acceptors (Lipinski definition) is 3. The van der Waals surface area contributed by atoms with Crippen LogP contribution in [-0.2, 0) is 13.1 Å². The van der Waals surface area contributed by atoms with Crippen molar-refractivity contribution in [2.45, 2.75) is 39.9 Å². The van der Waals surface area contributed by atoms with Gasteiger partial charge in [-0.2, -0.15) is 0 Å². The lowest BCUT2D eigenvalue weighted by Gasteiger charge is -2.21. The van der Waals surface area contributed by atoms with Gasteiger partial charge in [-0.3, -0.25) is 4.90 Å². The van der Waals surface area contributed by atoms with Gasteiger partial charge < -0.3 is 9.73 Å². The monoisotopic (exact) mass is 260 g/mol. The van der Waals surface area contributed by atoms with Crippen LogP contribution in [0, 0.1) is 0 Å². The molecule has 1 aromatic heterocycles. The van der Waals surface area contributed by atoms with Crippen molar-refractivity contribution in [1.82, 2.24) is 10.2 Å². The van der Waals surface area contributed by atoms with Crippen LogP contribution in [0.2, 0.25) is 0 Å². The summed E-state index contributed by atoms with van der Waals surface area (Å²) in [4.78, 5) is 2.34. The van der Waals surface area contributed by atoms with Crippen LogP contribution >= 0.6 is 0 Å². The van der Waals surface area contributed by atoms with Gasteiger partial charge in [0.05, 0.1) is 6.54 Å². The van der Waals surface area contributed by atoms with Crippen molar-refractivity contribution in [3.8, 4) is 0 Å². The zero-order valence-corrected chi connectivity index (χ0v) is 12.4. The maximum absolute atomic E-state index is 5.99. The normalized spacial score (nSPS) is 11.9. The molecule has 0 aliphatic rings. The van der Waals surface area contributed by atoms with Crippen LogP contribution in [0.3, 0.4) is 0 Å². The first-order chi connectivity index (χ1) is 9.13. The van der Waals surface area contributed by atoms with E-state index in [1.54, 1.807) is 0 Å². The Hall–Kier alpha value is -1.32. The molecular weight excluding hydrogens is 236 g/mol. The molecule has 0 atom stereocenters. The highest BCUT2D eigenvalue weighted by Gasteiger charge is 2.16. The van der Waals surface area contributed by atoms with E-state index in [2.05, 4.69) is 50.2 Å². The van der Waals surface area contributed by atoms with Gasteiger partial charge in [0.15, 0.2) is 0 Å². The quantitative estimate of drug-likeness (QED) is 0.863. The van der Waals surface area contributed by atoms with E-state index in [0.717, 1.165) is 31.0 Å². The molecule has 0 saturated heterocycles. The zero-order chi connectivity index (χ0) is 13.8. The predicted octanol–water partition coefficient (Wildman–Crippen LogP) is 3.38. The number of nitrogens with one attached hydrogen (secondary N) is 1. The third-order valence-corrected chi connectivity index (χ3v) is 3.61. The van der Waals surface area contributed by atoms with Crippen LogP contribution < -0.4 is 5.32 Å². The van der Waals surface area contributed by atoms with Crippen LogP contribution in [0.1, 0.15) is 32.1 Å². The molecule has 0 bridgehead atoms. The smallest absolute Gasteiger partial charge is 0.134 e. The highest BCUT2D eigenvalue weighted by molar-refractivity contribution is 5.82. The summed E-state index contributed by atoms with van der Waals surface area (Å²) in [6.45, 7) is 9.22. The fraction of sp³-hybridized carbons (Fsp3) is 0.500. The van der Waals surface area contributed by atoms with E-state index in [1.165, 1.54) is 10.9 Å². The molecule has 0 unspecified atom stereocenters. The van der Waals surface area contributed by atoms with Crippen molar-refractivity contribution >= 4 is 11.0 Å². The number of benzene rings is 1. The van der Waals surface area contributed by atoms with E-state index in [4.69, 9.17) is 4.42 Å². The minimum absolute atomic E-state index is 0.528. The number of rotatable bonds is 6. The zero-order valence-electron chi connectivity index (χ0n) is 12.4. The Morgan fingerprint density at radius 1 is 1.26 bits per heavy atom. The van der Waals surface area contributed by atoms with Gasteiger partial charge in [-0.25, -0.2) is 0 Å². The molecule has 1 aromatic carbocycles. The molecule has 19 heavy (non-hydrogen) atoms. The fourth-order valence-corrected chi connectivity index (χ4v) is 2.14. The first kappa shape index (κ1) is 14.1. The number of fused-ring (bicyclic) bond motifs is 1. The number of hydrogen-bond donors (Lipinski definition) is 1. The summed E-state index contributed by atoms with van der Waals surface area (Å²) >= 11 is 0. The average molecular weight is 260 g/mol. The molecular formula is C16H24N2O. The van der Waals surface area contributed by atoms with Crippen LogP contribution in [-0.4, -0.2) is 24.5 Å². The summed E-state index contributed by atoms with van der Waals surface area (Å²) < 4.78 is 5.99. The molecule has 0 amide bonds. The Morgan fingerprint density at radius 3 is 2.68 bits per heavy atom. The Labute approximate surface area is 115 Å². The summed E-state index contributed by atoms with van der Waals surface area (Å²) in [7, 11) is 2.16. The van der Waals surface area contributed by atoms with E-state index in [9.17, 15) is 0 Å². The maximum atomic E-state index is 5.99. The molecule has 3 nitrogen and oxygen atoms in total. The third-order valence-electron chi connectivity index (χ3n) is 3.61. The molecule has 0 aliphatic carbocycles. The van der Waals surface area contributed by atoms with Crippen molar-refractivity contribution in [2.75, 3.05) is 13.6 Å². The molecule has 1 N–H and O–H groups in total. The van der Waals surface area contributed by atoms with Crippen molar-refractivity contribution in [2.24, 2.45) is 0 Å². The van der Waals surface area contributed by atoms with E-state index in [1.807, 2.05) is 12.1 Å². The van der Waals surface area contributed by atoms with Crippen LogP contribution in [0.4, 0.5) is 0 Å². The van der Waals surface area contributed by atoms with Crippen molar-refractivity contribution in [1.29, 1.82) is 0 Å². The molecule has 2 aromatic rings. The van der Waals surface area contributed by atoms with Gasteiger partial charge in [-0.1, -0.05) is 25.1 Å². The lowest BCUT2D eigenvalue weighted by atomic mass is 10.1. The van der Waals surface area contributed by atoms with Crippen LogP contribution in [0.15, 0.2) is 28.7 Å². The Morgan fingerprint density at radius 2 is 2.00 bits per heavy atom. The summed E-state index contributed by atoms with van der Waals surface area (Å²) in [6, 6.07) is 8.83. The molecule has 0 fully saturated rings. The van der Waals surface area contributed by atoms with E-state index in [-0.39, 0.29) is 0 Å². The Kier molecular flexibility index (Phi) is 4.61. The third kappa shape index (κ3) is 3.17. The van der Waals surface area contributed by atoms with Gasteiger partial charge >= 0.3 is 0 Å². The highest BCUT2D eigenvalue weighted by Crippen LogP contribution is 2.27. The Bertz CT molecular complexity index is 531. The highest BCUT2D eigenvalue weighted by atomic mass is 16.3. The lowest BCUT2D eigenvalue weighted by molar-refractivity contribution is 0.264. The second kappa shape index (κ2) is 6.22. The SMILES string of the molecule is CCNCc1oc2ccccc2c1CN(C)C(C)C. The van der Waals surface area contributed by atoms with Crippen LogP contribution in [0.25, 0.3) is 11.0 Å². The second-order valence-electron chi connectivity index (χ2n) is 5.29. The maximum Gasteiger partial charge on any atom is 0.134 e. The van der Waals surface area contributed by atoms with Crippen molar-refractivity contribution < 1.29 is 4.42 Å². The molecule has 2 rings (SSSR count). The van der Waals surface area contributed by atoms with Gasteiger partial charge in [0.25, 0.3) is 0 Å². The number of furan rings is 1. The minimum Gasteiger partial charge on any atom is -0.459 e. The number of para-hydroxylation sites is 1. The molecule has 0 radical (unpaired) electrons. The first-order valence-corrected chi connectivity index (χ1v) is 7.03. The Balaban J connectivity index is 2.36. The topological polar surface area (TPSA) is 28.4 Å². The molecule has 104 valence electrons. The van der Waals surface area contributed by atoms with Crippen molar-refractivity contribution in [3.05, 3.63) is 35.6 Å². The first-order valence-electron chi connectivity index (χ1n) is 7.03. The van der Waals surface area contributed by atoms with E-state index < -0.39 is 0 Å². The minimum atomic E-state index is 0.528. The molecule has 3 heteroatoms. The predicted molar refractivity (Wildman–Crippen MR) is 80.2 cm³/mol. The molecule has 1 heterocycles. The summed E-state index contributed by atoms with van der Waals surface area (Å²) in [5, 5.41) is 4.59. The largest absolute Gasteiger partial charge is 0.459 e. The molecule has 0 aliphatic heterocycles. The van der Waals surface area contributed by atoms with Gasteiger partial charge in [-0.15, -0.1) is 0 Å². The van der Waals surface area contributed by atoms with E-state index in [0.29, 0.717) is 6.04 Å². The average Bonchev–Trinajstić information content (AvgIpc) is 2.74. The van der Waals surface area contributed by atoms with Gasteiger partial charge in [-0.05, 0) is 33.5 Å². The lowest BCUT2D eigenvalue weighted by Crippen LogP contribution is -2.26. The van der Waals surface area contributed by atoms with Gasteiger partial charge in [0.1, 0.15) is 11.3 Å². The van der Waals surface area contributed by atoms with Gasteiger partial charge in [0, 0.05) is 23.5 Å². The van der Waals surface area contributed by atoms with E-state index >= 15 is 0 Å². The second-order valence-corrected chi connectivity index (χ2v) is 5.29. The standard InChI is InChI=1S/C16H24N2O/c1-5-17-10-16-14(11-18(4)12(2)3)13-8-6-7-9-15(13)19-16/h6-9,12,17H,5,10-11H2,1-4H3.